The Kier molecular flexibility index (Phi) is 5.77. The Balaban J connectivity index is 1.13. The number of furan rings is 1. The number of para-hydroxylation sites is 2. The van der Waals surface area contributed by atoms with Crippen LogP contribution in [0, 0.1) is 0 Å². The van der Waals surface area contributed by atoms with Crippen molar-refractivity contribution in [2.24, 2.45) is 0 Å². The minimum atomic E-state index is 0.579. The van der Waals surface area contributed by atoms with Gasteiger partial charge in [0.1, 0.15) is 5.58 Å². The fourth-order valence-electron chi connectivity index (χ4n) is 6.82. The molecule has 0 aliphatic rings. The standard InChI is InChI=1S/C42H25N5O/c1-2-8-28-23-29(14-13-26(28)7-1)41-44-40(45-42(46-41)30-17-20-34-35-21-22-43-25-39(35)48-38(34)24-30)27-15-18-31(19-16-27)47-36-11-5-3-9-32(36)33-10-4-6-12-37(33)47/h1-25H. The van der Waals surface area contributed by atoms with Gasteiger partial charge in [0.05, 0.1) is 17.2 Å². The minimum absolute atomic E-state index is 0.579. The second-order valence-corrected chi connectivity index (χ2v) is 12.0. The van der Waals surface area contributed by atoms with Crippen LogP contribution in [0.1, 0.15) is 0 Å². The molecule has 6 aromatic carbocycles. The van der Waals surface area contributed by atoms with Crippen molar-refractivity contribution in [2.45, 2.75) is 0 Å². The first-order valence-electron chi connectivity index (χ1n) is 15.9. The first-order chi connectivity index (χ1) is 23.8. The van der Waals surface area contributed by atoms with Crippen molar-refractivity contribution in [3.05, 3.63) is 152 Å². The van der Waals surface area contributed by atoms with Gasteiger partial charge in [0.15, 0.2) is 23.1 Å². The molecule has 4 heterocycles. The molecule has 6 nitrogen and oxygen atoms in total. The smallest absolute Gasteiger partial charge is 0.164 e. The van der Waals surface area contributed by atoms with E-state index in [1.165, 1.54) is 27.2 Å². The van der Waals surface area contributed by atoms with E-state index in [-0.39, 0.29) is 0 Å². The van der Waals surface area contributed by atoms with Gasteiger partial charge in [0, 0.05) is 50.1 Å². The molecule has 4 aromatic heterocycles. The third-order valence-corrected chi connectivity index (χ3v) is 9.14. The highest BCUT2D eigenvalue weighted by Gasteiger charge is 2.16. The van der Waals surface area contributed by atoms with Crippen LogP contribution in [-0.2, 0) is 0 Å². The summed E-state index contributed by atoms with van der Waals surface area (Å²) in [5, 5.41) is 6.82. The number of pyridine rings is 1. The van der Waals surface area contributed by atoms with E-state index in [1.54, 1.807) is 12.4 Å². The second kappa shape index (κ2) is 10.4. The molecule has 0 amide bonds. The first kappa shape index (κ1) is 26.5. The Hall–Kier alpha value is -6.66. The van der Waals surface area contributed by atoms with E-state index in [0.717, 1.165) is 49.7 Å². The van der Waals surface area contributed by atoms with Gasteiger partial charge in [-0.05, 0) is 71.4 Å². The molecule has 10 rings (SSSR count). The highest BCUT2D eigenvalue weighted by atomic mass is 16.3. The van der Waals surface area contributed by atoms with E-state index in [4.69, 9.17) is 19.4 Å². The van der Waals surface area contributed by atoms with Gasteiger partial charge in [0.2, 0.25) is 0 Å². The number of benzene rings is 6. The maximum atomic E-state index is 6.17. The largest absolute Gasteiger partial charge is 0.454 e. The summed E-state index contributed by atoms with van der Waals surface area (Å²) in [5.74, 6) is 1.79. The Bertz CT molecular complexity index is 2800. The number of aromatic nitrogens is 5. The van der Waals surface area contributed by atoms with Crippen LogP contribution in [0.2, 0.25) is 0 Å². The molecule has 0 fully saturated rings. The van der Waals surface area contributed by atoms with Crippen molar-refractivity contribution < 1.29 is 4.42 Å². The van der Waals surface area contributed by atoms with Crippen molar-refractivity contribution in [2.75, 3.05) is 0 Å². The van der Waals surface area contributed by atoms with Gasteiger partial charge in [-0.25, -0.2) is 15.0 Å². The van der Waals surface area contributed by atoms with Crippen molar-refractivity contribution in [1.29, 1.82) is 0 Å². The average Bonchev–Trinajstić information content (AvgIpc) is 3.70. The zero-order valence-corrected chi connectivity index (χ0v) is 25.6. The molecule has 0 bridgehead atoms. The summed E-state index contributed by atoms with van der Waals surface area (Å²) in [4.78, 5) is 19.3. The topological polar surface area (TPSA) is 69.6 Å². The second-order valence-electron chi connectivity index (χ2n) is 12.0. The number of fused-ring (bicyclic) bond motifs is 7. The summed E-state index contributed by atoms with van der Waals surface area (Å²) < 4.78 is 8.48. The molecule has 224 valence electrons. The molecule has 0 atom stereocenters. The Morgan fingerprint density at radius 1 is 0.438 bits per heavy atom. The minimum Gasteiger partial charge on any atom is -0.454 e. The molecular formula is C42H25N5O. The van der Waals surface area contributed by atoms with Crippen LogP contribution >= 0.6 is 0 Å². The fourth-order valence-corrected chi connectivity index (χ4v) is 6.82. The number of rotatable bonds is 4. The summed E-state index contributed by atoms with van der Waals surface area (Å²) in [5.41, 5.74) is 7.61. The van der Waals surface area contributed by atoms with Crippen molar-refractivity contribution >= 4 is 54.5 Å². The van der Waals surface area contributed by atoms with Gasteiger partial charge < -0.3 is 8.98 Å². The van der Waals surface area contributed by atoms with E-state index in [9.17, 15) is 0 Å². The molecule has 0 aliphatic carbocycles. The first-order valence-corrected chi connectivity index (χ1v) is 15.9. The third kappa shape index (κ3) is 4.20. The molecule has 0 unspecified atom stereocenters. The number of nitrogens with zero attached hydrogens (tertiary/aromatic N) is 5. The Morgan fingerprint density at radius 3 is 1.77 bits per heavy atom. The van der Waals surface area contributed by atoms with Crippen LogP contribution in [-0.4, -0.2) is 24.5 Å². The van der Waals surface area contributed by atoms with Gasteiger partial charge in [-0.1, -0.05) is 78.9 Å². The molecule has 0 spiro atoms. The SMILES string of the molecule is c1ccc2cc(-c3nc(-c4ccc(-n5c6ccccc6c6ccccc65)cc4)nc(-c4ccc5c(c4)oc4cnccc45)n3)ccc2c1. The van der Waals surface area contributed by atoms with Crippen LogP contribution in [0.4, 0.5) is 0 Å². The monoisotopic (exact) mass is 615 g/mol. The Labute approximate surface area is 274 Å². The zero-order chi connectivity index (χ0) is 31.6. The molecule has 0 saturated carbocycles. The van der Waals surface area contributed by atoms with Crippen molar-refractivity contribution in [3.8, 4) is 39.9 Å². The predicted molar refractivity (Wildman–Crippen MR) is 193 cm³/mol. The molecule has 10 aromatic rings. The van der Waals surface area contributed by atoms with E-state index in [1.807, 2.05) is 24.3 Å². The van der Waals surface area contributed by atoms with E-state index >= 15 is 0 Å². The normalized spacial score (nSPS) is 11.8. The Morgan fingerprint density at radius 2 is 1.02 bits per heavy atom. The molecule has 0 N–H and O–H groups in total. The highest BCUT2D eigenvalue weighted by molar-refractivity contribution is 6.09. The number of hydrogen-bond acceptors (Lipinski definition) is 5. The van der Waals surface area contributed by atoms with Gasteiger partial charge in [-0.3, -0.25) is 4.98 Å². The summed E-state index contributed by atoms with van der Waals surface area (Å²) in [6.07, 6.45) is 3.53. The lowest BCUT2D eigenvalue weighted by Crippen LogP contribution is -2.00. The van der Waals surface area contributed by atoms with Gasteiger partial charge in [0.25, 0.3) is 0 Å². The average molecular weight is 616 g/mol. The van der Waals surface area contributed by atoms with Crippen molar-refractivity contribution in [1.82, 2.24) is 24.5 Å². The van der Waals surface area contributed by atoms with Gasteiger partial charge in [-0.15, -0.1) is 0 Å². The molecule has 0 aliphatic heterocycles. The van der Waals surface area contributed by atoms with Gasteiger partial charge >= 0.3 is 0 Å². The third-order valence-electron chi connectivity index (χ3n) is 9.14. The highest BCUT2D eigenvalue weighted by Crippen LogP contribution is 2.34. The maximum Gasteiger partial charge on any atom is 0.164 e. The lowest BCUT2D eigenvalue weighted by atomic mass is 10.1. The maximum absolute atomic E-state index is 6.17. The lowest BCUT2D eigenvalue weighted by Gasteiger charge is -2.11. The van der Waals surface area contributed by atoms with Crippen LogP contribution < -0.4 is 0 Å². The van der Waals surface area contributed by atoms with Crippen molar-refractivity contribution in [3.63, 3.8) is 0 Å². The summed E-state index contributed by atoms with van der Waals surface area (Å²) in [6.45, 7) is 0. The predicted octanol–water partition coefficient (Wildman–Crippen LogP) is 10.4. The lowest BCUT2D eigenvalue weighted by molar-refractivity contribution is 0.667. The molecule has 48 heavy (non-hydrogen) atoms. The van der Waals surface area contributed by atoms with E-state index in [2.05, 4.69) is 125 Å². The summed E-state index contributed by atoms with van der Waals surface area (Å²) >= 11 is 0. The van der Waals surface area contributed by atoms with Crippen LogP contribution in [0.3, 0.4) is 0 Å². The zero-order valence-electron chi connectivity index (χ0n) is 25.6. The summed E-state index contributed by atoms with van der Waals surface area (Å²) in [6, 6.07) is 48.3. The van der Waals surface area contributed by atoms with E-state index < -0.39 is 0 Å². The molecular weight excluding hydrogens is 590 g/mol. The molecule has 0 saturated heterocycles. The number of hydrogen-bond donors (Lipinski definition) is 0. The van der Waals surface area contributed by atoms with Crippen LogP contribution in [0.25, 0.3) is 94.4 Å². The quantitative estimate of drug-likeness (QED) is 0.197. The van der Waals surface area contributed by atoms with E-state index in [0.29, 0.717) is 17.5 Å². The fraction of sp³-hybridized carbons (Fsp3) is 0. The van der Waals surface area contributed by atoms with Gasteiger partial charge in [-0.2, -0.15) is 0 Å². The van der Waals surface area contributed by atoms with Crippen LogP contribution in [0.15, 0.2) is 156 Å². The summed E-state index contributed by atoms with van der Waals surface area (Å²) in [7, 11) is 0. The molecule has 6 heteroatoms. The molecule has 0 radical (unpaired) electrons. The van der Waals surface area contributed by atoms with Crippen LogP contribution in [0.5, 0.6) is 0 Å².